The van der Waals surface area contributed by atoms with Crippen LogP contribution in [-0.2, 0) is 0 Å². The summed E-state index contributed by atoms with van der Waals surface area (Å²) in [6, 6.07) is 8.12. The van der Waals surface area contributed by atoms with Crippen molar-refractivity contribution in [3.05, 3.63) is 47.1 Å². The molecule has 0 bridgehead atoms. The molecule has 1 heterocycles. The van der Waals surface area contributed by atoms with Gasteiger partial charge in [0.05, 0.1) is 0 Å². The molecule has 1 N–H and O–H groups in total. The molecule has 0 fully saturated rings. The fourth-order valence-electron chi connectivity index (χ4n) is 1.54. The Morgan fingerprint density at radius 3 is 2.94 bits per heavy atom. The average Bonchev–Trinajstić information content (AvgIpc) is 2.27. The summed E-state index contributed by atoms with van der Waals surface area (Å²) in [6.45, 7) is 6.61. The normalized spacial score (nSPS) is 10.4. The Kier molecular flexibility index (Phi) is 3.25. The zero-order valence-corrected chi connectivity index (χ0v) is 10.7. The molecule has 0 unspecified atom stereocenters. The van der Waals surface area contributed by atoms with Gasteiger partial charge < -0.3 is 5.32 Å². The van der Waals surface area contributed by atoms with Crippen molar-refractivity contribution in [3.8, 4) is 0 Å². The number of fused-ring (bicyclic) bond motifs is 1. The standard InChI is InChI=1S/C13H13BrN2/c1-9(2)8-16-13-11-4-3-5-12(14)10(11)6-7-15-13/h3-7H,1,8H2,2H3,(H,15,16). The van der Waals surface area contributed by atoms with Crippen molar-refractivity contribution in [2.75, 3.05) is 11.9 Å². The zero-order valence-electron chi connectivity index (χ0n) is 9.13. The van der Waals surface area contributed by atoms with Gasteiger partial charge in [0.15, 0.2) is 0 Å². The number of nitrogens with one attached hydrogen (secondary N) is 1. The second-order valence-electron chi connectivity index (χ2n) is 3.81. The van der Waals surface area contributed by atoms with E-state index in [0.717, 1.165) is 27.8 Å². The van der Waals surface area contributed by atoms with Gasteiger partial charge in [-0.25, -0.2) is 4.98 Å². The second kappa shape index (κ2) is 4.66. The third-order valence-electron chi connectivity index (χ3n) is 2.31. The first-order chi connectivity index (χ1) is 7.68. The lowest BCUT2D eigenvalue weighted by Crippen LogP contribution is -2.04. The van der Waals surface area contributed by atoms with Crippen molar-refractivity contribution >= 4 is 32.5 Å². The van der Waals surface area contributed by atoms with Crippen LogP contribution in [0.2, 0.25) is 0 Å². The predicted molar refractivity (Wildman–Crippen MR) is 72.7 cm³/mol. The monoisotopic (exact) mass is 276 g/mol. The van der Waals surface area contributed by atoms with E-state index in [4.69, 9.17) is 0 Å². The second-order valence-corrected chi connectivity index (χ2v) is 4.66. The van der Waals surface area contributed by atoms with Crippen molar-refractivity contribution in [1.82, 2.24) is 4.98 Å². The molecule has 2 nitrogen and oxygen atoms in total. The lowest BCUT2D eigenvalue weighted by Gasteiger charge is -2.09. The van der Waals surface area contributed by atoms with Gasteiger partial charge in [-0.2, -0.15) is 0 Å². The van der Waals surface area contributed by atoms with Crippen molar-refractivity contribution in [2.45, 2.75) is 6.92 Å². The van der Waals surface area contributed by atoms with Crippen LogP contribution < -0.4 is 5.32 Å². The molecule has 0 radical (unpaired) electrons. The Labute approximate surface area is 104 Å². The smallest absolute Gasteiger partial charge is 0.134 e. The Bertz CT molecular complexity index is 534. The summed E-state index contributed by atoms with van der Waals surface area (Å²) < 4.78 is 1.09. The lowest BCUT2D eigenvalue weighted by molar-refractivity contribution is 1.18. The van der Waals surface area contributed by atoms with Crippen LogP contribution in [0.4, 0.5) is 5.82 Å². The number of benzene rings is 1. The molecule has 0 aliphatic rings. The van der Waals surface area contributed by atoms with Gasteiger partial charge in [0.2, 0.25) is 0 Å². The number of nitrogens with zero attached hydrogens (tertiary/aromatic N) is 1. The van der Waals surface area contributed by atoms with E-state index in [-0.39, 0.29) is 0 Å². The maximum absolute atomic E-state index is 4.35. The van der Waals surface area contributed by atoms with Crippen LogP contribution in [0.3, 0.4) is 0 Å². The third kappa shape index (κ3) is 2.25. The maximum Gasteiger partial charge on any atom is 0.134 e. The highest BCUT2D eigenvalue weighted by molar-refractivity contribution is 9.10. The van der Waals surface area contributed by atoms with Crippen LogP contribution >= 0.6 is 15.9 Å². The largest absolute Gasteiger partial charge is 0.366 e. The molecule has 0 aliphatic heterocycles. The van der Waals surface area contributed by atoms with E-state index in [1.54, 1.807) is 0 Å². The van der Waals surface area contributed by atoms with E-state index in [1.807, 2.05) is 31.3 Å². The maximum atomic E-state index is 4.35. The molecule has 3 heteroatoms. The number of hydrogen-bond donors (Lipinski definition) is 1. The Morgan fingerprint density at radius 1 is 1.38 bits per heavy atom. The number of hydrogen-bond acceptors (Lipinski definition) is 2. The van der Waals surface area contributed by atoms with Gasteiger partial charge >= 0.3 is 0 Å². The molecular formula is C13H13BrN2. The number of rotatable bonds is 3. The molecule has 0 saturated heterocycles. The summed E-state index contributed by atoms with van der Waals surface area (Å²) in [5.74, 6) is 0.904. The van der Waals surface area contributed by atoms with Crippen LogP contribution in [0.15, 0.2) is 47.1 Å². The van der Waals surface area contributed by atoms with E-state index in [1.165, 1.54) is 5.39 Å². The summed E-state index contributed by atoms with van der Waals surface area (Å²) in [7, 11) is 0. The fourth-order valence-corrected chi connectivity index (χ4v) is 2.04. The van der Waals surface area contributed by atoms with Gasteiger partial charge in [-0.05, 0) is 19.1 Å². The van der Waals surface area contributed by atoms with E-state index in [2.05, 4.69) is 38.9 Å². The fraction of sp³-hybridized carbons (Fsp3) is 0.154. The first-order valence-electron chi connectivity index (χ1n) is 5.10. The van der Waals surface area contributed by atoms with Crippen molar-refractivity contribution in [1.29, 1.82) is 0 Å². The highest BCUT2D eigenvalue weighted by Gasteiger charge is 2.03. The number of aromatic nitrogens is 1. The van der Waals surface area contributed by atoms with Gasteiger partial charge in [0.1, 0.15) is 5.82 Å². The van der Waals surface area contributed by atoms with Gasteiger partial charge in [-0.15, -0.1) is 0 Å². The van der Waals surface area contributed by atoms with Gasteiger partial charge in [-0.1, -0.05) is 40.2 Å². The SMILES string of the molecule is C=C(C)CNc1nccc2c(Br)cccc12. The molecule has 82 valence electrons. The molecule has 1 aromatic carbocycles. The Morgan fingerprint density at radius 2 is 2.19 bits per heavy atom. The van der Waals surface area contributed by atoms with E-state index < -0.39 is 0 Å². The van der Waals surface area contributed by atoms with Crippen LogP contribution in [0.1, 0.15) is 6.92 Å². The minimum absolute atomic E-state index is 0.749. The zero-order chi connectivity index (χ0) is 11.5. The molecule has 0 aliphatic carbocycles. The molecular weight excluding hydrogens is 264 g/mol. The van der Waals surface area contributed by atoms with Crippen molar-refractivity contribution in [3.63, 3.8) is 0 Å². The summed E-state index contributed by atoms with van der Waals surface area (Å²) in [5.41, 5.74) is 1.09. The minimum atomic E-state index is 0.749. The topological polar surface area (TPSA) is 24.9 Å². The lowest BCUT2D eigenvalue weighted by atomic mass is 10.1. The van der Waals surface area contributed by atoms with Gasteiger partial charge in [-0.3, -0.25) is 0 Å². The van der Waals surface area contributed by atoms with E-state index in [9.17, 15) is 0 Å². The third-order valence-corrected chi connectivity index (χ3v) is 3.00. The average molecular weight is 277 g/mol. The molecule has 0 amide bonds. The number of pyridine rings is 1. The first kappa shape index (κ1) is 11.1. The van der Waals surface area contributed by atoms with Crippen molar-refractivity contribution < 1.29 is 0 Å². The summed E-state index contributed by atoms with van der Waals surface area (Å²) in [4.78, 5) is 4.35. The quantitative estimate of drug-likeness (QED) is 0.858. The summed E-state index contributed by atoms with van der Waals surface area (Å²) >= 11 is 3.54. The summed E-state index contributed by atoms with van der Waals surface area (Å²) in [6.07, 6.45) is 1.81. The highest BCUT2D eigenvalue weighted by Crippen LogP contribution is 2.27. The molecule has 2 aromatic rings. The molecule has 16 heavy (non-hydrogen) atoms. The number of anilines is 1. The predicted octanol–water partition coefficient (Wildman–Crippen LogP) is 3.99. The Hall–Kier alpha value is -1.35. The first-order valence-corrected chi connectivity index (χ1v) is 5.89. The van der Waals surface area contributed by atoms with E-state index in [0.29, 0.717) is 0 Å². The van der Waals surface area contributed by atoms with Crippen molar-refractivity contribution in [2.24, 2.45) is 0 Å². The molecule has 0 saturated carbocycles. The Balaban J connectivity index is 2.45. The molecule has 2 rings (SSSR count). The van der Waals surface area contributed by atoms with Crippen LogP contribution in [-0.4, -0.2) is 11.5 Å². The molecule has 0 atom stereocenters. The van der Waals surface area contributed by atoms with Crippen LogP contribution in [0.5, 0.6) is 0 Å². The van der Waals surface area contributed by atoms with E-state index >= 15 is 0 Å². The minimum Gasteiger partial charge on any atom is -0.366 e. The highest BCUT2D eigenvalue weighted by atomic mass is 79.9. The van der Waals surface area contributed by atoms with Gasteiger partial charge in [0.25, 0.3) is 0 Å². The van der Waals surface area contributed by atoms with Crippen LogP contribution in [0.25, 0.3) is 10.8 Å². The van der Waals surface area contributed by atoms with Gasteiger partial charge in [0, 0.05) is 28.0 Å². The summed E-state index contributed by atoms with van der Waals surface area (Å²) in [5, 5.41) is 5.57. The molecule has 1 aromatic heterocycles. The van der Waals surface area contributed by atoms with Crippen LogP contribution in [0, 0.1) is 0 Å². The molecule has 0 spiro atoms. The number of halogens is 1.